The number of nitrogens with one attached hydrogen (secondary N) is 2. The van der Waals surface area contributed by atoms with Gasteiger partial charge in [-0.15, -0.1) is 0 Å². The molecule has 24 heavy (non-hydrogen) atoms. The van der Waals surface area contributed by atoms with Crippen molar-refractivity contribution >= 4 is 37.1 Å². The molecule has 2 N–H and O–H groups in total. The van der Waals surface area contributed by atoms with Crippen LogP contribution in [0.2, 0.25) is 0 Å². The number of urea groups is 1. The molecule has 0 radical (unpaired) electrons. The van der Waals surface area contributed by atoms with E-state index in [0.29, 0.717) is 12.3 Å². The maximum atomic E-state index is 12.9. The Kier molecular flexibility index (Phi) is 5.63. The van der Waals surface area contributed by atoms with E-state index in [4.69, 9.17) is 15.4 Å². The third-order valence-electron chi connectivity index (χ3n) is 2.88. The van der Waals surface area contributed by atoms with E-state index in [1.807, 2.05) is 0 Å². The van der Waals surface area contributed by atoms with Crippen molar-refractivity contribution in [3.63, 3.8) is 0 Å². The molecule has 0 bridgehead atoms. The van der Waals surface area contributed by atoms with E-state index in [-0.39, 0.29) is 16.3 Å². The Balaban J connectivity index is 2.22. The summed E-state index contributed by atoms with van der Waals surface area (Å²) in [6.45, 7) is 2.07. The maximum absolute atomic E-state index is 12.9. The quantitative estimate of drug-likeness (QED) is 0.782. The van der Waals surface area contributed by atoms with Crippen molar-refractivity contribution in [3.05, 3.63) is 48.3 Å². The van der Waals surface area contributed by atoms with Gasteiger partial charge >= 0.3 is 6.03 Å². The average Bonchev–Trinajstić information content (AvgIpc) is 2.50. The molecule has 0 saturated heterocycles. The van der Waals surface area contributed by atoms with Crippen LogP contribution in [0.3, 0.4) is 0 Å². The van der Waals surface area contributed by atoms with Crippen LogP contribution in [0.15, 0.2) is 47.4 Å². The lowest BCUT2D eigenvalue weighted by Gasteiger charge is -2.13. The van der Waals surface area contributed by atoms with Gasteiger partial charge in [0.25, 0.3) is 9.05 Å². The second kappa shape index (κ2) is 7.50. The molecule has 0 aromatic heterocycles. The van der Waals surface area contributed by atoms with Crippen LogP contribution < -0.4 is 15.4 Å². The molecule has 2 rings (SSSR count). The number of benzene rings is 2. The Bertz CT molecular complexity index is 841. The van der Waals surface area contributed by atoms with Crippen LogP contribution >= 0.6 is 10.7 Å². The van der Waals surface area contributed by atoms with Gasteiger partial charge < -0.3 is 15.4 Å². The van der Waals surface area contributed by atoms with Crippen molar-refractivity contribution in [1.29, 1.82) is 0 Å². The van der Waals surface area contributed by atoms with Crippen LogP contribution in [0.4, 0.5) is 20.6 Å². The van der Waals surface area contributed by atoms with Crippen LogP contribution in [0.25, 0.3) is 0 Å². The fourth-order valence-electron chi connectivity index (χ4n) is 1.86. The Morgan fingerprint density at radius 3 is 2.42 bits per heavy atom. The topological polar surface area (TPSA) is 84.5 Å². The summed E-state index contributed by atoms with van der Waals surface area (Å²) in [6.07, 6.45) is 0. The molecule has 0 atom stereocenters. The van der Waals surface area contributed by atoms with Crippen molar-refractivity contribution in [2.24, 2.45) is 0 Å². The van der Waals surface area contributed by atoms with Crippen molar-refractivity contribution in [3.8, 4) is 5.75 Å². The van der Waals surface area contributed by atoms with Crippen LogP contribution in [-0.2, 0) is 9.05 Å². The monoisotopic (exact) mass is 372 g/mol. The highest BCUT2D eigenvalue weighted by molar-refractivity contribution is 8.13. The first-order chi connectivity index (χ1) is 11.3. The van der Waals surface area contributed by atoms with Crippen molar-refractivity contribution < 1.29 is 22.3 Å². The Labute approximate surface area is 143 Å². The molecular weight excluding hydrogens is 359 g/mol. The molecule has 0 spiro atoms. The minimum Gasteiger partial charge on any atom is -0.492 e. The SMILES string of the molecule is CCOc1ccc(S(=O)(=O)Cl)cc1NC(=O)Nc1ccc(F)cc1. The summed E-state index contributed by atoms with van der Waals surface area (Å²) in [5.74, 6) is -0.143. The van der Waals surface area contributed by atoms with Gasteiger partial charge in [-0.05, 0) is 49.4 Å². The molecule has 6 nitrogen and oxygen atoms in total. The highest BCUT2D eigenvalue weighted by Gasteiger charge is 2.15. The fourth-order valence-corrected chi connectivity index (χ4v) is 2.63. The highest BCUT2D eigenvalue weighted by atomic mass is 35.7. The molecule has 0 fully saturated rings. The molecule has 2 aromatic rings. The normalized spacial score (nSPS) is 11.0. The first-order valence-electron chi connectivity index (χ1n) is 6.84. The van der Waals surface area contributed by atoms with E-state index < -0.39 is 20.9 Å². The summed E-state index contributed by atoms with van der Waals surface area (Å²) >= 11 is 0. The molecular formula is C15H14ClFN2O4S. The summed E-state index contributed by atoms with van der Waals surface area (Å²) < 4.78 is 41.0. The van der Waals surface area contributed by atoms with Gasteiger partial charge in [-0.2, -0.15) is 0 Å². The number of hydrogen-bond donors (Lipinski definition) is 2. The zero-order valence-electron chi connectivity index (χ0n) is 12.5. The van der Waals surface area contributed by atoms with E-state index in [9.17, 15) is 17.6 Å². The summed E-state index contributed by atoms with van der Waals surface area (Å²) in [5.41, 5.74) is 0.506. The van der Waals surface area contributed by atoms with E-state index in [0.717, 1.165) is 0 Å². The van der Waals surface area contributed by atoms with Crippen LogP contribution in [0.5, 0.6) is 5.75 Å². The molecule has 0 aliphatic heterocycles. The number of halogens is 2. The molecule has 0 saturated carbocycles. The number of carbonyl (C=O) groups excluding carboxylic acids is 1. The Hall–Kier alpha value is -2.32. The van der Waals surface area contributed by atoms with Gasteiger partial charge in [-0.3, -0.25) is 0 Å². The Morgan fingerprint density at radius 1 is 1.17 bits per heavy atom. The zero-order chi connectivity index (χ0) is 17.7. The van der Waals surface area contributed by atoms with Gasteiger partial charge in [-0.25, -0.2) is 17.6 Å². The average molecular weight is 373 g/mol. The van der Waals surface area contributed by atoms with Gasteiger partial charge in [-0.1, -0.05) is 0 Å². The van der Waals surface area contributed by atoms with E-state index >= 15 is 0 Å². The molecule has 0 heterocycles. The zero-order valence-corrected chi connectivity index (χ0v) is 14.1. The molecule has 2 aromatic carbocycles. The third-order valence-corrected chi connectivity index (χ3v) is 4.23. The minimum absolute atomic E-state index is 0.137. The molecule has 2 amide bonds. The maximum Gasteiger partial charge on any atom is 0.323 e. The first-order valence-corrected chi connectivity index (χ1v) is 9.15. The van der Waals surface area contributed by atoms with Gasteiger partial charge in [0.2, 0.25) is 0 Å². The number of anilines is 2. The van der Waals surface area contributed by atoms with Gasteiger partial charge in [0.05, 0.1) is 17.2 Å². The number of carbonyl (C=O) groups is 1. The summed E-state index contributed by atoms with van der Waals surface area (Å²) in [6, 6.07) is 8.38. The minimum atomic E-state index is -3.95. The lowest BCUT2D eigenvalue weighted by atomic mass is 10.3. The predicted molar refractivity (Wildman–Crippen MR) is 89.7 cm³/mol. The van der Waals surface area contributed by atoms with Crippen LogP contribution in [0, 0.1) is 5.82 Å². The standard InChI is InChI=1S/C15H14ClFN2O4S/c1-2-23-14-8-7-12(24(16,21)22)9-13(14)19-15(20)18-11-5-3-10(17)4-6-11/h3-9H,2H2,1H3,(H2,18,19,20). The third kappa shape index (κ3) is 4.84. The van der Waals surface area contributed by atoms with Crippen molar-refractivity contribution in [2.75, 3.05) is 17.2 Å². The summed E-state index contributed by atoms with van der Waals surface area (Å²) in [5, 5.41) is 4.97. The van der Waals surface area contributed by atoms with Gasteiger partial charge in [0.15, 0.2) is 0 Å². The van der Waals surface area contributed by atoms with Crippen LogP contribution in [0.1, 0.15) is 6.92 Å². The smallest absolute Gasteiger partial charge is 0.323 e. The van der Waals surface area contributed by atoms with Gasteiger partial charge in [0.1, 0.15) is 11.6 Å². The lowest BCUT2D eigenvalue weighted by Crippen LogP contribution is -2.20. The number of rotatable bonds is 5. The second-order valence-electron chi connectivity index (χ2n) is 4.61. The molecule has 0 unspecified atom stereocenters. The fraction of sp³-hybridized carbons (Fsp3) is 0.133. The van der Waals surface area contributed by atoms with E-state index in [2.05, 4.69) is 10.6 Å². The molecule has 0 aliphatic carbocycles. The van der Waals surface area contributed by atoms with Gasteiger partial charge in [0, 0.05) is 16.4 Å². The van der Waals surface area contributed by atoms with Crippen molar-refractivity contribution in [2.45, 2.75) is 11.8 Å². The Morgan fingerprint density at radius 2 is 1.83 bits per heavy atom. The number of hydrogen-bond acceptors (Lipinski definition) is 4. The highest BCUT2D eigenvalue weighted by Crippen LogP contribution is 2.29. The van der Waals surface area contributed by atoms with E-state index in [1.54, 1.807) is 6.92 Å². The number of amides is 2. The van der Waals surface area contributed by atoms with E-state index in [1.165, 1.54) is 42.5 Å². The first kappa shape index (κ1) is 18.0. The molecule has 128 valence electrons. The van der Waals surface area contributed by atoms with Crippen LogP contribution in [-0.4, -0.2) is 21.1 Å². The summed E-state index contributed by atoms with van der Waals surface area (Å²) in [4.78, 5) is 11.9. The second-order valence-corrected chi connectivity index (χ2v) is 7.18. The molecule has 0 aliphatic rings. The van der Waals surface area contributed by atoms with Crippen molar-refractivity contribution in [1.82, 2.24) is 0 Å². The predicted octanol–water partition coefficient (Wildman–Crippen LogP) is 3.80. The lowest BCUT2D eigenvalue weighted by molar-refractivity contribution is 0.262. The molecule has 9 heteroatoms. The largest absolute Gasteiger partial charge is 0.492 e. The number of ether oxygens (including phenoxy) is 1. The summed E-state index contributed by atoms with van der Waals surface area (Å²) in [7, 11) is 1.36.